The zero-order valence-electron chi connectivity index (χ0n) is 12.2. The molecular formula is C20H21P. The van der Waals surface area contributed by atoms with Crippen molar-refractivity contribution in [1.29, 1.82) is 0 Å². The molecule has 0 unspecified atom stereocenters. The van der Waals surface area contributed by atoms with Crippen molar-refractivity contribution in [2.24, 2.45) is 0 Å². The van der Waals surface area contributed by atoms with E-state index < -0.39 is 7.92 Å². The minimum atomic E-state index is -1.31. The SMILES string of the molecule is C=C.c1ccc([PH2](c2ccccc2)c2ccccc2)cc1. The van der Waals surface area contributed by atoms with Gasteiger partial charge in [0.1, 0.15) is 0 Å². The van der Waals surface area contributed by atoms with Gasteiger partial charge in [0, 0.05) is 0 Å². The van der Waals surface area contributed by atoms with Gasteiger partial charge >= 0.3 is 115 Å². The Labute approximate surface area is 128 Å². The molecule has 21 heavy (non-hydrogen) atoms. The summed E-state index contributed by atoms with van der Waals surface area (Å²) in [6, 6.07) is 32.7. The van der Waals surface area contributed by atoms with Gasteiger partial charge in [-0.3, -0.25) is 0 Å². The molecule has 0 aromatic heterocycles. The van der Waals surface area contributed by atoms with Gasteiger partial charge in [-0.15, -0.1) is 13.2 Å². The van der Waals surface area contributed by atoms with Crippen molar-refractivity contribution in [2.45, 2.75) is 0 Å². The van der Waals surface area contributed by atoms with E-state index in [0.717, 1.165) is 0 Å². The Morgan fingerprint density at radius 3 is 0.905 bits per heavy atom. The third kappa shape index (κ3) is 3.90. The van der Waals surface area contributed by atoms with Gasteiger partial charge in [0.05, 0.1) is 0 Å². The normalized spacial score (nSPS) is 10.2. The van der Waals surface area contributed by atoms with Crippen molar-refractivity contribution >= 4 is 23.8 Å². The number of hydrogen-bond acceptors (Lipinski definition) is 0. The van der Waals surface area contributed by atoms with Crippen LogP contribution in [0.4, 0.5) is 0 Å². The third-order valence-corrected chi connectivity index (χ3v) is 6.55. The van der Waals surface area contributed by atoms with Crippen LogP contribution >= 0.6 is 7.92 Å². The molecule has 0 aliphatic heterocycles. The number of rotatable bonds is 3. The molecule has 0 atom stereocenters. The van der Waals surface area contributed by atoms with Crippen LogP contribution < -0.4 is 15.9 Å². The van der Waals surface area contributed by atoms with Crippen molar-refractivity contribution in [3.05, 3.63) is 104 Å². The predicted octanol–water partition coefficient (Wildman–Crippen LogP) is 3.71. The molecule has 0 bridgehead atoms. The first kappa shape index (κ1) is 15.2. The van der Waals surface area contributed by atoms with Crippen LogP contribution in [0.15, 0.2) is 104 Å². The van der Waals surface area contributed by atoms with Crippen LogP contribution in [0.3, 0.4) is 0 Å². The Hall–Kier alpha value is -2.17. The van der Waals surface area contributed by atoms with Gasteiger partial charge in [0.2, 0.25) is 0 Å². The second-order valence-electron chi connectivity index (χ2n) is 4.67. The average molecular weight is 292 g/mol. The van der Waals surface area contributed by atoms with Crippen molar-refractivity contribution in [3.8, 4) is 0 Å². The molecule has 106 valence electrons. The summed E-state index contributed by atoms with van der Waals surface area (Å²) >= 11 is 0. The Bertz CT molecular complexity index is 539. The van der Waals surface area contributed by atoms with Gasteiger partial charge in [-0.2, -0.15) is 0 Å². The summed E-state index contributed by atoms with van der Waals surface area (Å²) in [5.41, 5.74) is 0. The summed E-state index contributed by atoms with van der Waals surface area (Å²) in [6.07, 6.45) is 0. The fraction of sp³-hybridized carbons (Fsp3) is 0. The van der Waals surface area contributed by atoms with E-state index in [1.165, 1.54) is 15.9 Å². The molecule has 0 aliphatic rings. The summed E-state index contributed by atoms with van der Waals surface area (Å²) < 4.78 is 0. The Morgan fingerprint density at radius 2 is 0.667 bits per heavy atom. The molecule has 3 rings (SSSR count). The Kier molecular flexibility index (Phi) is 5.94. The molecule has 0 heterocycles. The quantitative estimate of drug-likeness (QED) is 0.510. The van der Waals surface area contributed by atoms with Gasteiger partial charge in [0.15, 0.2) is 0 Å². The van der Waals surface area contributed by atoms with Crippen LogP contribution in [0.2, 0.25) is 0 Å². The van der Waals surface area contributed by atoms with Crippen LogP contribution in [-0.2, 0) is 0 Å². The van der Waals surface area contributed by atoms with Gasteiger partial charge < -0.3 is 0 Å². The first-order chi connectivity index (χ1) is 10.4. The Morgan fingerprint density at radius 1 is 0.429 bits per heavy atom. The second-order valence-corrected chi connectivity index (χ2v) is 7.53. The van der Waals surface area contributed by atoms with E-state index in [1.54, 1.807) is 0 Å². The molecule has 0 aliphatic carbocycles. The molecule has 0 amide bonds. The standard InChI is InChI=1S/C18H17P.C2H4/c1-4-10-16(11-5-1)19(17-12-6-2-7-13-17)18-14-8-3-9-15-18;1-2/h1-15H,19H2;1-2H2. The zero-order chi connectivity index (χ0) is 14.9. The number of benzene rings is 3. The maximum absolute atomic E-state index is 3.00. The van der Waals surface area contributed by atoms with E-state index in [9.17, 15) is 0 Å². The fourth-order valence-corrected chi connectivity index (χ4v) is 5.49. The van der Waals surface area contributed by atoms with Crippen molar-refractivity contribution in [3.63, 3.8) is 0 Å². The van der Waals surface area contributed by atoms with Gasteiger partial charge in [0.25, 0.3) is 0 Å². The second kappa shape index (κ2) is 8.19. The third-order valence-electron chi connectivity index (χ3n) is 3.40. The van der Waals surface area contributed by atoms with E-state index >= 15 is 0 Å². The monoisotopic (exact) mass is 292 g/mol. The van der Waals surface area contributed by atoms with E-state index in [2.05, 4.69) is 104 Å². The molecule has 3 aromatic rings. The van der Waals surface area contributed by atoms with Crippen LogP contribution in [0, 0.1) is 0 Å². The number of hydrogen-bond donors (Lipinski definition) is 0. The predicted molar refractivity (Wildman–Crippen MR) is 99.2 cm³/mol. The molecular weight excluding hydrogens is 271 g/mol. The summed E-state index contributed by atoms with van der Waals surface area (Å²) in [7, 11) is -1.31. The molecule has 0 saturated carbocycles. The van der Waals surface area contributed by atoms with Gasteiger partial charge in [-0.05, 0) is 0 Å². The zero-order valence-corrected chi connectivity index (χ0v) is 13.3. The average Bonchev–Trinajstić information content (AvgIpc) is 2.60. The molecule has 0 radical (unpaired) electrons. The summed E-state index contributed by atoms with van der Waals surface area (Å²) in [6.45, 7) is 6.00. The Balaban J connectivity index is 0.000000774. The molecule has 3 aromatic carbocycles. The summed E-state index contributed by atoms with van der Waals surface area (Å²) in [5.74, 6) is 0. The summed E-state index contributed by atoms with van der Waals surface area (Å²) in [5, 5.41) is 4.42. The molecule has 0 N–H and O–H groups in total. The minimum absolute atomic E-state index is 1.31. The van der Waals surface area contributed by atoms with E-state index in [-0.39, 0.29) is 0 Å². The topological polar surface area (TPSA) is 0 Å². The van der Waals surface area contributed by atoms with Crippen LogP contribution in [0.5, 0.6) is 0 Å². The molecule has 0 spiro atoms. The van der Waals surface area contributed by atoms with E-state index in [4.69, 9.17) is 0 Å². The maximum atomic E-state index is 3.00. The molecule has 1 heteroatoms. The van der Waals surface area contributed by atoms with E-state index in [0.29, 0.717) is 0 Å². The molecule has 0 nitrogen and oxygen atoms in total. The van der Waals surface area contributed by atoms with Crippen LogP contribution in [0.25, 0.3) is 0 Å². The van der Waals surface area contributed by atoms with E-state index in [1.807, 2.05) is 0 Å². The van der Waals surface area contributed by atoms with Gasteiger partial charge in [-0.25, -0.2) is 0 Å². The fourth-order valence-electron chi connectivity index (χ4n) is 2.51. The first-order valence-electron chi connectivity index (χ1n) is 7.10. The van der Waals surface area contributed by atoms with Crippen LogP contribution in [0.1, 0.15) is 0 Å². The van der Waals surface area contributed by atoms with Crippen molar-refractivity contribution in [2.75, 3.05) is 0 Å². The molecule has 0 saturated heterocycles. The summed E-state index contributed by atoms with van der Waals surface area (Å²) in [4.78, 5) is 0. The first-order valence-corrected chi connectivity index (χ1v) is 8.83. The molecule has 0 fully saturated rings. The van der Waals surface area contributed by atoms with Crippen molar-refractivity contribution < 1.29 is 0 Å². The van der Waals surface area contributed by atoms with Crippen molar-refractivity contribution in [1.82, 2.24) is 0 Å². The van der Waals surface area contributed by atoms with Gasteiger partial charge in [-0.1, -0.05) is 0 Å². The van der Waals surface area contributed by atoms with Crippen LogP contribution in [-0.4, -0.2) is 0 Å².